The van der Waals surface area contributed by atoms with E-state index in [9.17, 15) is 9.18 Å². The van der Waals surface area contributed by atoms with Crippen LogP contribution in [0.3, 0.4) is 0 Å². The van der Waals surface area contributed by atoms with Crippen LogP contribution >= 0.6 is 22.9 Å². The molecule has 4 aromatic rings. The molecule has 0 atom stereocenters. The zero-order chi connectivity index (χ0) is 21.1. The number of fused-ring (bicyclic) bond motifs is 1. The summed E-state index contributed by atoms with van der Waals surface area (Å²) in [5.74, 6) is 0.0788. The van der Waals surface area contributed by atoms with Gasteiger partial charge in [-0.1, -0.05) is 41.1 Å². The number of carbonyl (C=O) groups excluding carboxylic acids is 1. The highest BCUT2D eigenvalue weighted by atomic mass is 35.5. The zero-order valence-corrected chi connectivity index (χ0v) is 17.6. The highest BCUT2D eigenvalue weighted by Crippen LogP contribution is 2.39. The first-order valence-corrected chi connectivity index (χ1v) is 10.3. The second kappa shape index (κ2) is 8.77. The van der Waals surface area contributed by atoms with Gasteiger partial charge in [-0.25, -0.2) is 9.37 Å². The van der Waals surface area contributed by atoms with Crippen molar-refractivity contribution in [2.75, 3.05) is 12.0 Å². The Kier molecular flexibility index (Phi) is 5.92. The van der Waals surface area contributed by atoms with Gasteiger partial charge in [-0.2, -0.15) is 0 Å². The lowest BCUT2D eigenvalue weighted by Gasteiger charge is -2.20. The Balaban J connectivity index is 1.73. The number of benzene rings is 2. The molecule has 0 N–H and O–H groups in total. The van der Waals surface area contributed by atoms with Crippen molar-refractivity contribution in [3.05, 3.63) is 82.9 Å². The summed E-state index contributed by atoms with van der Waals surface area (Å²) in [6, 6.07) is 13.1. The maximum absolute atomic E-state index is 13.2. The van der Waals surface area contributed by atoms with Crippen LogP contribution in [0, 0.1) is 5.82 Å². The molecule has 0 bridgehead atoms. The van der Waals surface area contributed by atoms with E-state index in [0.717, 1.165) is 10.3 Å². The summed E-state index contributed by atoms with van der Waals surface area (Å²) < 4.78 is 19.4. The molecular weight excluding hydrogens is 425 g/mol. The fourth-order valence-electron chi connectivity index (χ4n) is 3.03. The van der Waals surface area contributed by atoms with Gasteiger partial charge < -0.3 is 4.74 Å². The number of methoxy groups -OCH3 is 1. The van der Waals surface area contributed by atoms with Crippen molar-refractivity contribution in [3.8, 4) is 5.75 Å². The van der Waals surface area contributed by atoms with Crippen molar-refractivity contribution in [2.45, 2.75) is 13.0 Å². The van der Waals surface area contributed by atoms with Gasteiger partial charge in [0.1, 0.15) is 17.1 Å². The molecule has 5 nitrogen and oxygen atoms in total. The molecule has 30 heavy (non-hydrogen) atoms. The Hall–Kier alpha value is -3.03. The lowest BCUT2D eigenvalue weighted by atomic mass is 10.1. The standard InChI is InChI=1S/C22H17ClFN3O2S/c1-29-18-9-8-17(23)21-20(18)26-22(30-21)27(13-15-3-2-10-25-12-15)19(28)11-14-4-6-16(24)7-5-14/h2-10,12H,11,13H2,1H3. The number of pyridine rings is 1. The van der Waals surface area contributed by atoms with Gasteiger partial charge in [-0.05, 0) is 41.5 Å². The number of amides is 1. The van der Waals surface area contributed by atoms with Crippen molar-refractivity contribution < 1.29 is 13.9 Å². The van der Waals surface area contributed by atoms with Crippen LogP contribution in [0.2, 0.25) is 5.02 Å². The highest BCUT2D eigenvalue weighted by Gasteiger charge is 2.22. The molecule has 4 rings (SSSR count). The van der Waals surface area contributed by atoms with Crippen molar-refractivity contribution in [1.82, 2.24) is 9.97 Å². The Morgan fingerprint density at radius 1 is 1.17 bits per heavy atom. The van der Waals surface area contributed by atoms with Crippen molar-refractivity contribution in [1.29, 1.82) is 0 Å². The van der Waals surface area contributed by atoms with Gasteiger partial charge in [0.25, 0.3) is 0 Å². The Bertz CT molecular complexity index is 1180. The summed E-state index contributed by atoms with van der Waals surface area (Å²) in [7, 11) is 1.56. The molecule has 0 aliphatic heterocycles. The number of halogens is 2. The molecule has 8 heteroatoms. The van der Waals surface area contributed by atoms with Gasteiger partial charge in [-0.15, -0.1) is 0 Å². The Morgan fingerprint density at radius 2 is 1.97 bits per heavy atom. The molecule has 1 amide bonds. The van der Waals surface area contributed by atoms with Crippen molar-refractivity contribution in [3.63, 3.8) is 0 Å². The van der Waals surface area contributed by atoms with Crippen LogP contribution in [-0.4, -0.2) is 23.0 Å². The highest BCUT2D eigenvalue weighted by molar-refractivity contribution is 7.23. The van der Waals surface area contributed by atoms with Gasteiger partial charge in [-0.3, -0.25) is 14.7 Å². The number of nitrogens with zero attached hydrogens (tertiary/aromatic N) is 3. The van der Waals surface area contributed by atoms with E-state index in [2.05, 4.69) is 9.97 Å². The first-order chi connectivity index (χ1) is 14.5. The first-order valence-electron chi connectivity index (χ1n) is 9.12. The molecular formula is C22H17ClFN3O2S. The summed E-state index contributed by atoms with van der Waals surface area (Å²) in [5, 5.41) is 1.05. The second-order valence-electron chi connectivity index (χ2n) is 6.57. The predicted molar refractivity (Wildman–Crippen MR) is 117 cm³/mol. The molecule has 152 valence electrons. The van der Waals surface area contributed by atoms with Gasteiger partial charge in [0.2, 0.25) is 5.91 Å². The van der Waals surface area contributed by atoms with E-state index < -0.39 is 0 Å². The molecule has 0 aliphatic carbocycles. The smallest absolute Gasteiger partial charge is 0.233 e. The fraction of sp³-hybridized carbons (Fsp3) is 0.136. The van der Waals surface area contributed by atoms with Crippen LogP contribution in [0.25, 0.3) is 10.2 Å². The van der Waals surface area contributed by atoms with E-state index >= 15 is 0 Å². The van der Waals surface area contributed by atoms with Gasteiger partial charge in [0.05, 0.1) is 29.8 Å². The number of carbonyl (C=O) groups is 1. The number of thiazole rings is 1. The lowest BCUT2D eigenvalue weighted by molar-refractivity contribution is -0.118. The largest absolute Gasteiger partial charge is 0.494 e. The van der Waals surface area contributed by atoms with Crippen LogP contribution in [-0.2, 0) is 17.8 Å². The maximum atomic E-state index is 13.2. The molecule has 2 heterocycles. The van der Waals surface area contributed by atoms with E-state index in [1.54, 1.807) is 48.7 Å². The van der Waals surface area contributed by atoms with Crippen LogP contribution in [0.4, 0.5) is 9.52 Å². The Morgan fingerprint density at radius 3 is 2.67 bits per heavy atom. The molecule has 0 saturated heterocycles. The third kappa shape index (κ3) is 4.27. The van der Waals surface area contributed by atoms with Gasteiger partial charge in [0.15, 0.2) is 5.13 Å². The third-order valence-electron chi connectivity index (χ3n) is 4.53. The van der Waals surface area contributed by atoms with E-state index in [-0.39, 0.29) is 18.1 Å². The molecule has 2 aromatic heterocycles. The minimum Gasteiger partial charge on any atom is -0.494 e. The minimum absolute atomic E-state index is 0.112. The predicted octanol–water partition coefficient (Wildman–Crippen LogP) is 5.27. The van der Waals surface area contributed by atoms with Crippen molar-refractivity contribution in [2.24, 2.45) is 0 Å². The number of aromatic nitrogens is 2. The van der Waals surface area contributed by atoms with Crippen LogP contribution in [0.1, 0.15) is 11.1 Å². The van der Waals surface area contributed by atoms with Crippen molar-refractivity contribution >= 4 is 44.2 Å². The van der Waals surface area contributed by atoms with Gasteiger partial charge in [0, 0.05) is 12.4 Å². The monoisotopic (exact) mass is 441 g/mol. The average Bonchev–Trinajstić information content (AvgIpc) is 3.21. The second-order valence-corrected chi connectivity index (χ2v) is 7.95. The summed E-state index contributed by atoms with van der Waals surface area (Å²) in [4.78, 5) is 23.6. The first kappa shape index (κ1) is 20.3. The molecule has 0 unspecified atom stereocenters. The topological polar surface area (TPSA) is 55.3 Å². The van der Waals surface area contributed by atoms with Crippen LogP contribution < -0.4 is 9.64 Å². The summed E-state index contributed by atoms with van der Waals surface area (Å²) >= 11 is 7.68. The fourth-order valence-corrected chi connectivity index (χ4v) is 4.30. The normalized spacial score (nSPS) is 10.9. The summed E-state index contributed by atoms with van der Waals surface area (Å²) in [5.41, 5.74) is 2.19. The van der Waals surface area contributed by atoms with Crippen LogP contribution in [0.15, 0.2) is 60.9 Å². The SMILES string of the molecule is COc1ccc(Cl)c2sc(N(Cc3cccnc3)C(=O)Cc3ccc(F)cc3)nc12. The lowest BCUT2D eigenvalue weighted by Crippen LogP contribution is -2.31. The number of hydrogen-bond donors (Lipinski definition) is 0. The van der Waals surface area contributed by atoms with Gasteiger partial charge >= 0.3 is 0 Å². The van der Waals surface area contributed by atoms with E-state index in [4.69, 9.17) is 16.3 Å². The number of ether oxygens (including phenoxy) is 1. The number of anilines is 1. The van der Waals surface area contributed by atoms with E-state index in [1.807, 2.05) is 12.1 Å². The van der Waals surface area contributed by atoms with E-state index in [0.29, 0.717) is 33.5 Å². The van der Waals surface area contributed by atoms with E-state index in [1.165, 1.54) is 23.5 Å². The zero-order valence-electron chi connectivity index (χ0n) is 16.0. The summed E-state index contributed by atoms with van der Waals surface area (Å²) in [6.07, 6.45) is 3.50. The molecule has 0 radical (unpaired) electrons. The quantitative estimate of drug-likeness (QED) is 0.409. The summed E-state index contributed by atoms with van der Waals surface area (Å²) in [6.45, 7) is 0.299. The molecule has 0 aliphatic rings. The minimum atomic E-state index is -0.341. The molecule has 0 spiro atoms. The molecule has 0 fully saturated rings. The number of hydrogen-bond acceptors (Lipinski definition) is 5. The third-order valence-corrected chi connectivity index (χ3v) is 6.07. The Labute approximate surface area is 181 Å². The average molecular weight is 442 g/mol. The van der Waals surface area contributed by atoms with Crippen LogP contribution in [0.5, 0.6) is 5.75 Å². The maximum Gasteiger partial charge on any atom is 0.233 e. The number of rotatable bonds is 6. The molecule has 0 saturated carbocycles. The molecule has 2 aromatic carbocycles.